The smallest absolute Gasteiger partial charge is 0 e. The molecule has 8 heteroatoms. The second kappa shape index (κ2) is 4910. The Morgan fingerprint density at radius 2 is 0.250 bits per heavy atom. The first-order chi connectivity index (χ1) is 0. The second-order valence-electron chi connectivity index (χ2n) is 0. The molecule has 0 aromatic heterocycles. The van der Waals surface area contributed by atoms with E-state index in [0.717, 1.165) is 0 Å². The van der Waals surface area contributed by atoms with E-state index in [1.165, 1.54) is 0 Å². The van der Waals surface area contributed by atoms with Crippen molar-refractivity contribution >= 4 is 0 Å². The van der Waals surface area contributed by atoms with Gasteiger partial charge in [-0.15, -0.1) is 0 Å². The number of rotatable bonds is 0. The number of hydrogen-bond acceptors (Lipinski definition) is 0. The molecule has 0 aliphatic carbocycles. The summed E-state index contributed by atoms with van der Waals surface area (Å²) in [5, 5.41) is 0. The SMILES string of the molecule is O.O.O.O.O.O.O.[Cu]. The van der Waals surface area contributed by atoms with E-state index in [2.05, 4.69) is 0 Å². The molecule has 0 heterocycles. The molecule has 0 saturated heterocycles. The fourth-order valence-corrected chi connectivity index (χ4v) is 0. The summed E-state index contributed by atoms with van der Waals surface area (Å²) in [5.74, 6) is 0. The molecular formula is H14CuO7. The molecule has 0 bridgehead atoms. The van der Waals surface area contributed by atoms with Gasteiger partial charge in [0.25, 0.3) is 0 Å². The predicted molar refractivity (Wildman–Crippen MR) is 25.3 cm³/mol. The van der Waals surface area contributed by atoms with Crippen molar-refractivity contribution in [3.63, 3.8) is 0 Å². The molecule has 7 nitrogen and oxygen atoms in total. The molecule has 0 rings (SSSR count). The Kier molecular flexibility index (Phi) is 4630000. The van der Waals surface area contributed by atoms with Crippen LogP contribution in [0.3, 0.4) is 0 Å². The van der Waals surface area contributed by atoms with E-state index in [-0.39, 0.29) is 55.4 Å². The largest absolute Gasteiger partial charge is 0.412 e. The summed E-state index contributed by atoms with van der Waals surface area (Å²) in [6, 6.07) is 0. The van der Waals surface area contributed by atoms with Crippen LogP contribution in [-0.4, -0.2) is 38.3 Å². The maximum Gasteiger partial charge on any atom is 0 e. The number of hydrogen-bond donors (Lipinski definition) is 0. The van der Waals surface area contributed by atoms with Crippen molar-refractivity contribution < 1.29 is 55.4 Å². The first-order valence-corrected chi connectivity index (χ1v) is 0. The Morgan fingerprint density at radius 3 is 0.250 bits per heavy atom. The summed E-state index contributed by atoms with van der Waals surface area (Å²) in [7, 11) is 0. The third kappa shape index (κ3) is 2990. The molecule has 0 aliphatic rings. The average molecular weight is 190 g/mol. The van der Waals surface area contributed by atoms with Crippen LogP contribution in [0.5, 0.6) is 0 Å². The molecule has 0 aliphatic heterocycles. The van der Waals surface area contributed by atoms with Crippen LogP contribution in [0.4, 0.5) is 0 Å². The molecule has 14 N–H and O–H groups in total. The molecular weight excluding hydrogens is 176 g/mol. The summed E-state index contributed by atoms with van der Waals surface area (Å²) in [6.45, 7) is 0. The Bertz CT molecular complexity index is 4.35. The molecule has 8 heavy (non-hydrogen) atoms. The van der Waals surface area contributed by atoms with Crippen molar-refractivity contribution in [2.75, 3.05) is 0 Å². The monoisotopic (exact) mass is 189 g/mol. The molecule has 0 spiro atoms. The van der Waals surface area contributed by atoms with Gasteiger partial charge in [-0.25, -0.2) is 0 Å². The fourth-order valence-electron chi connectivity index (χ4n) is 0. The molecule has 1 radical (unpaired) electrons. The predicted octanol–water partition coefficient (Wildman–Crippen LogP) is -5.78. The van der Waals surface area contributed by atoms with Gasteiger partial charge in [0.05, 0.1) is 0 Å². The minimum atomic E-state index is 0. The minimum absolute atomic E-state index is 0. The summed E-state index contributed by atoms with van der Waals surface area (Å²) < 4.78 is 0. The van der Waals surface area contributed by atoms with Crippen molar-refractivity contribution in [1.82, 2.24) is 0 Å². The zero-order valence-electron chi connectivity index (χ0n) is 3.80. The van der Waals surface area contributed by atoms with E-state index < -0.39 is 0 Å². The van der Waals surface area contributed by atoms with Gasteiger partial charge < -0.3 is 38.3 Å². The molecule has 0 amide bonds. The molecule has 0 atom stereocenters. The van der Waals surface area contributed by atoms with Gasteiger partial charge in [0.15, 0.2) is 0 Å². The quantitative estimate of drug-likeness (QED) is 0.325. The van der Waals surface area contributed by atoms with Crippen LogP contribution >= 0.6 is 0 Å². The van der Waals surface area contributed by atoms with Crippen LogP contribution in [0.1, 0.15) is 0 Å². The van der Waals surface area contributed by atoms with Gasteiger partial charge in [-0.05, 0) is 0 Å². The van der Waals surface area contributed by atoms with Gasteiger partial charge in [0.2, 0.25) is 0 Å². The Balaban J connectivity index is 0. The van der Waals surface area contributed by atoms with Crippen LogP contribution in [0.15, 0.2) is 0 Å². The fraction of sp³-hybridized carbons (Fsp3) is 0. The standard InChI is InChI=1S/Cu.7H2O/h;7*1H2. The average Bonchev–Trinajstić information content (AvgIpc) is 0. The van der Waals surface area contributed by atoms with Crippen LogP contribution in [0, 0.1) is 0 Å². The normalized spacial score (nSPS) is 0. The van der Waals surface area contributed by atoms with Crippen molar-refractivity contribution in [3.8, 4) is 0 Å². The Hall–Kier alpha value is 0.239. The zero-order valence-corrected chi connectivity index (χ0v) is 4.74. The maximum absolute atomic E-state index is 0. The van der Waals surface area contributed by atoms with Gasteiger partial charge in [-0.1, -0.05) is 0 Å². The topological polar surface area (TPSA) is 220 Å². The van der Waals surface area contributed by atoms with E-state index >= 15 is 0 Å². The van der Waals surface area contributed by atoms with E-state index in [1.807, 2.05) is 0 Å². The molecule has 0 saturated carbocycles. The summed E-state index contributed by atoms with van der Waals surface area (Å²) in [4.78, 5) is 0. The summed E-state index contributed by atoms with van der Waals surface area (Å²) >= 11 is 0. The van der Waals surface area contributed by atoms with Crippen LogP contribution in [0.25, 0.3) is 0 Å². The molecule has 0 unspecified atom stereocenters. The molecule has 67 valence electrons. The van der Waals surface area contributed by atoms with Crippen molar-refractivity contribution in [2.24, 2.45) is 0 Å². The van der Waals surface area contributed by atoms with Crippen LogP contribution < -0.4 is 0 Å². The third-order valence-corrected chi connectivity index (χ3v) is 0. The van der Waals surface area contributed by atoms with E-state index in [9.17, 15) is 0 Å². The van der Waals surface area contributed by atoms with Gasteiger partial charge in [-0.2, -0.15) is 0 Å². The Labute approximate surface area is 56.3 Å². The second-order valence-corrected chi connectivity index (χ2v) is 0. The van der Waals surface area contributed by atoms with E-state index in [4.69, 9.17) is 0 Å². The van der Waals surface area contributed by atoms with E-state index in [1.54, 1.807) is 0 Å². The zero-order chi connectivity index (χ0) is 0. The maximum atomic E-state index is 0. The summed E-state index contributed by atoms with van der Waals surface area (Å²) in [5.41, 5.74) is 0. The van der Waals surface area contributed by atoms with Crippen molar-refractivity contribution in [1.29, 1.82) is 0 Å². The Morgan fingerprint density at radius 1 is 0.250 bits per heavy atom. The van der Waals surface area contributed by atoms with Gasteiger partial charge in [0.1, 0.15) is 0 Å². The van der Waals surface area contributed by atoms with Crippen LogP contribution in [0.2, 0.25) is 0 Å². The summed E-state index contributed by atoms with van der Waals surface area (Å²) in [6.07, 6.45) is 0. The first-order valence-electron chi connectivity index (χ1n) is 0. The first kappa shape index (κ1) is 7530. The van der Waals surface area contributed by atoms with E-state index in [0.29, 0.717) is 0 Å². The van der Waals surface area contributed by atoms with Crippen molar-refractivity contribution in [2.45, 2.75) is 0 Å². The van der Waals surface area contributed by atoms with Gasteiger partial charge in [0, 0.05) is 17.1 Å². The molecule has 0 aromatic carbocycles. The molecule has 0 aromatic rings. The molecule has 0 fully saturated rings. The third-order valence-electron chi connectivity index (χ3n) is 0. The van der Waals surface area contributed by atoms with Crippen molar-refractivity contribution in [3.05, 3.63) is 0 Å². The minimum Gasteiger partial charge on any atom is -0.412 e. The van der Waals surface area contributed by atoms with Crippen LogP contribution in [-0.2, 0) is 17.1 Å². The van der Waals surface area contributed by atoms with Gasteiger partial charge >= 0.3 is 0 Å². The van der Waals surface area contributed by atoms with Gasteiger partial charge in [-0.3, -0.25) is 0 Å².